The molecular weight excluding hydrogens is 733 g/mol. The summed E-state index contributed by atoms with van der Waals surface area (Å²) in [5, 5.41) is 22.3. The summed E-state index contributed by atoms with van der Waals surface area (Å²) < 4.78 is 32.3. The number of fused-ring (bicyclic) bond motifs is 2. The molecule has 2 N–H and O–H groups in total. The molecule has 5 heterocycles. The van der Waals surface area contributed by atoms with Gasteiger partial charge in [0.15, 0.2) is 23.0 Å². The van der Waals surface area contributed by atoms with Crippen molar-refractivity contribution in [3.05, 3.63) is 99.6 Å². The summed E-state index contributed by atoms with van der Waals surface area (Å²) in [6, 6.07) is 21.4. The van der Waals surface area contributed by atoms with Crippen LogP contribution in [0.15, 0.2) is 60.7 Å². The van der Waals surface area contributed by atoms with Crippen molar-refractivity contribution in [1.29, 1.82) is 0 Å². The summed E-state index contributed by atoms with van der Waals surface area (Å²) in [4.78, 5) is 9.39. The minimum Gasteiger partial charge on any atom is -0.493 e. The lowest BCUT2D eigenvalue weighted by atomic mass is 9.86. The SMILES string of the molecule is COc1ccc2cc1Oc1ccc(cc1)C[C@H]1c3cc(c(CO)cc3CCN1C)Oc1c(OCC(O)CN3CCC(N(C)C)CC3)c(OC)cc3c1[C@H](C2)N(C)CC3. The highest BCUT2D eigenvalue weighted by Crippen LogP contribution is 2.51. The summed E-state index contributed by atoms with van der Waals surface area (Å²) in [5.41, 5.74) is 7.52. The number of hydrogen-bond donors (Lipinski definition) is 2. The maximum atomic E-state index is 11.5. The molecule has 1 saturated heterocycles. The number of hydrogen-bond acceptors (Lipinski definition) is 11. The average molecular weight is 793 g/mol. The molecule has 4 aromatic carbocycles. The number of rotatable bonds is 9. The fourth-order valence-corrected chi connectivity index (χ4v) is 9.42. The van der Waals surface area contributed by atoms with Gasteiger partial charge in [-0.05, 0) is 150 Å². The Bertz CT molecular complexity index is 2070. The molecule has 9 rings (SSSR count). The number of β-amino-alcohol motifs (C(OH)–C–C–N with tert-alkyl or cyclic N) is 1. The van der Waals surface area contributed by atoms with Crippen LogP contribution in [0.2, 0.25) is 0 Å². The van der Waals surface area contributed by atoms with Crippen molar-refractivity contribution >= 4 is 0 Å². The molecular formula is C47H60N4O7. The fourth-order valence-electron chi connectivity index (χ4n) is 9.42. The fraction of sp³-hybridized carbons (Fsp3) is 0.489. The predicted octanol–water partition coefficient (Wildman–Crippen LogP) is 6.40. The summed E-state index contributed by atoms with van der Waals surface area (Å²) in [6.45, 7) is 4.04. The predicted molar refractivity (Wildman–Crippen MR) is 225 cm³/mol. The lowest BCUT2D eigenvalue weighted by Crippen LogP contribution is -2.45. The van der Waals surface area contributed by atoms with Crippen LogP contribution in [0.3, 0.4) is 0 Å². The maximum absolute atomic E-state index is 11.5. The molecule has 6 bridgehead atoms. The first kappa shape index (κ1) is 40.4. The van der Waals surface area contributed by atoms with Crippen LogP contribution in [0.1, 0.15) is 63.9 Å². The number of benzene rings is 4. The van der Waals surface area contributed by atoms with Crippen molar-refractivity contribution < 1.29 is 33.9 Å². The van der Waals surface area contributed by atoms with Crippen LogP contribution in [-0.4, -0.2) is 124 Å². The number of methoxy groups -OCH3 is 2. The van der Waals surface area contributed by atoms with Gasteiger partial charge in [-0.2, -0.15) is 0 Å². The molecule has 0 radical (unpaired) electrons. The van der Waals surface area contributed by atoms with Gasteiger partial charge in [-0.25, -0.2) is 0 Å². The number of aliphatic hydroxyl groups excluding tert-OH is 2. The van der Waals surface area contributed by atoms with Gasteiger partial charge in [0.2, 0.25) is 5.75 Å². The number of piperidine rings is 1. The number of likely N-dealkylation sites (tertiary alicyclic amines) is 1. The van der Waals surface area contributed by atoms with Crippen LogP contribution >= 0.6 is 0 Å². The molecule has 0 amide bonds. The molecule has 4 aromatic rings. The van der Waals surface area contributed by atoms with Crippen molar-refractivity contribution in [1.82, 2.24) is 19.6 Å². The topological polar surface area (TPSA) is 99.6 Å². The minimum absolute atomic E-state index is 0.0706. The van der Waals surface area contributed by atoms with Gasteiger partial charge in [-0.1, -0.05) is 18.2 Å². The second-order valence-corrected chi connectivity index (χ2v) is 16.8. The zero-order valence-corrected chi connectivity index (χ0v) is 35.0. The maximum Gasteiger partial charge on any atom is 0.204 e. The van der Waals surface area contributed by atoms with E-state index >= 15 is 0 Å². The van der Waals surface area contributed by atoms with Crippen LogP contribution < -0.4 is 23.7 Å². The Morgan fingerprint density at radius 2 is 1.47 bits per heavy atom. The number of aliphatic hydroxyl groups is 2. The average Bonchev–Trinajstić information content (AvgIpc) is 3.22. The molecule has 3 atom stereocenters. The van der Waals surface area contributed by atoms with Gasteiger partial charge in [0, 0.05) is 48.9 Å². The smallest absolute Gasteiger partial charge is 0.204 e. The quantitative estimate of drug-likeness (QED) is 0.197. The summed E-state index contributed by atoms with van der Waals surface area (Å²) in [5.74, 6) is 4.23. The number of likely N-dealkylation sites (N-methyl/N-ethyl adjacent to an activating group) is 2. The van der Waals surface area contributed by atoms with Crippen LogP contribution in [0.5, 0.6) is 40.2 Å². The second-order valence-electron chi connectivity index (χ2n) is 16.8. The number of nitrogens with zero attached hydrogens (tertiary/aromatic N) is 4. The van der Waals surface area contributed by atoms with Crippen molar-refractivity contribution in [3.8, 4) is 40.2 Å². The largest absolute Gasteiger partial charge is 0.493 e. The molecule has 0 saturated carbocycles. The third-order valence-electron chi connectivity index (χ3n) is 12.9. The molecule has 11 nitrogen and oxygen atoms in total. The summed E-state index contributed by atoms with van der Waals surface area (Å²) in [7, 11) is 11.9. The molecule has 5 aliphatic rings. The van der Waals surface area contributed by atoms with E-state index in [4.69, 9.17) is 23.7 Å². The Hall–Kier alpha value is -4.36. The van der Waals surface area contributed by atoms with Gasteiger partial charge < -0.3 is 43.7 Å². The third kappa shape index (κ3) is 8.39. The molecule has 58 heavy (non-hydrogen) atoms. The molecule has 1 unspecified atom stereocenters. The molecule has 0 aliphatic carbocycles. The second kappa shape index (κ2) is 17.5. The van der Waals surface area contributed by atoms with Gasteiger partial charge in [0.05, 0.1) is 20.8 Å². The molecule has 0 aromatic heterocycles. The number of ether oxygens (including phenoxy) is 5. The Balaban J connectivity index is 1.24. The van der Waals surface area contributed by atoms with Gasteiger partial charge in [0.1, 0.15) is 24.2 Å². The first-order valence-electron chi connectivity index (χ1n) is 20.8. The van der Waals surface area contributed by atoms with Crippen LogP contribution in [0, 0.1) is 0 Å². The van der Waals surface area contributed by atoms with E-state index in [1.54, 1.807) is 14.2 Å². The standard InChI is InChI=1S/C47H60N4O7/c1-48(2)35-15-19-51(20-16-35)27-36(53)29-56-46-44(55-6)25-33-14-18-50(4)40-22-31-9-12-41(54-5)43(23-31)57-37-10-7-30(8-11-37)21-39-38-26-42(58-47(46)45(33)40)34(28-52)24-32(38)13-17-49(39)3/h7-12,23-26,35-36,39-40,52-53H,13-22,27-29H2,1-6H3/t36?,39-,40-/m0/s1. The summed E-state index contributed by atoms with van der Waals surface area (Å²) in [6.07, 6.45) is 4.54. The Labute approximate surface area is 343 Å². The Morgan fingerprint density at radius 3 is 2.17 bits per heavy atom. The van der Waals surface area contributed by atoms with Gasteiger partial charge in [0.25, 0.3) is 0 Å². The molecule has 0 spiro atoms. The Kier molecular flexibility index (Phi) is 12.2. The van der Waals surface area contributed by atoms with Crippen LogP contribution in [-0.2, 0) is 32.3 Å². The van der Waals surface area contributed by atoms with E-state index in [0.29, 0.717) is 53.5 Å². The lowest BCUT2D eigenvalue weighted by molar-refractivity contribution is 0.0491. The first-order chi connectivity index (χ1) is 28.1. The van der Waals surface area contributed by atoms with Crippen molar-refractivity contribution in [2.24, 2.45) is 0 Å². The highest BCUT2D eigenvalue weighted by molar-refractivity contribution is 5.63. The molecule has 5 aliphatic heterocycles. The van der Waals surface area contributed by atoms with Crippen molar-refractivity contribution in [2.45, 2.75) is 69.4 Å². The van der Waals surface area contributed by atoms with E-state index in [1.807, 2.05) is 18.2 Å². The Morgan fingerprint density at radius 1 is 0.776 bits per heavy atom. The van der Waals surface area contributed by atoms with E-state index in [2.05, 4.69) is 90.3 Å². The van der Waals surface area contributed by atoms with E-state index in [1.165, 1.54) is 16.7 Å². The van der Waals surface area contributed by atoms with Gasteiger partial charge in [-0.15, -0.1) is 0 Å². The van der Waals surface area contributed by atoms with E-state index in [0.717, 1.165) is 86.3 Å². The van der Waals surface area contributed by atoms with Crippen LogP contribution in [0.4, 0.5) is 0 Å². The van der Waals surface area contributed by atoms with Crippen molar-refractivity contribution in [2.75, 3.05) is 81.7 Å². The molecule has 11 heteroatoms. The van der Waals surface area contributed by atoms with E-state index in [9.17, 15) is 10.2 Å². The highest BCUT2D eigenvalue weighted by Gasteiger charge is 2.35. The van der Waals surface area contributed by atoms with Gasteiger partial charge in [-0.3, -0.25) is 9.80 Å². The van der Waals surface area contributed by atoms with E-state index < -0.39 is 6.10 Å². The minimum atomic E-state index is -0.721. The summed E-state index contributed by atoms with van der Waals surface area (Å²) >= 11 is 0. The normalized spacial score (nSPS) is 20.7. The van der Waals surface area contributed by atoms with Crippen molar-refractivity contribution in [3.63, 3.8) is 0 Å². The lowest BCUT2D eigenvalue weighted by Gasteiger charge is -2.38. The highest BCUT2D eigenvalue weighted by atomic mass is 16.5. The zero-order valence-electron chi connectivity index (χ0n) is 35.0. The monoisotopic (exact) mass is 792 g/mol. The zero-order chi connectivity index (χ0) is 40.5. The van der Waals surface area contributed by atoms with Gasteiger partial charge >= 0.3 is 0 Å². The molecule has 1 fully saturated rings. The van der Waals surface area contributed by atoms with Crippen LogP contribution in [0.25, 0.3) is 0 Å². The third-order valence-corrected chi connectivity index (χ3v) is 12.9. The van der Waals surface area contributed by atoms with E-state index in [-0.39, 0.29) is 25.3 Å². The first-order valence-corrected chi connectivity index (χ1v) is 20.8. The molecule has 310 valence electrons.